The zero-order chi connectivity index (χ0) is 14.3. The van der Waals surface area contributed by atoms with Gasteiger partial charge in [-0.2, -0.15) is 0 Å². The second kappa shape index (κ2) is 4.34. The van der Waals surface area contributed by atoms with E-state index in [1.807, 2.05) is 0 Å². The number of carboxylic acid groups (broad SMARTS) is 1. The maximum atomic E-state index is 11.8. The van der Waals surface area contributed by atoms with Crippen molar-refractivity contribution in [2.24, 2.45) is 0 Å². The van der Waals surface area contributed by atoms with E-state index in [-0.39, 0.29) is 30.4 Å². The Hall–Kier alpha value is -2.90. The molecule has 2 N–H and O–H groups in total. The lowest BCUT2D eigenvalue weighted by atomic mass is 10.2. The van der Waals surface area contributed by atoms with Crippen LogP contribution in [-0.4, -0.2) is 38.9 Å². The number of anilines is 1. The molecular formula is C12H10N4O4. The highest BCUT2D eigenvalue weighted by Gasteiger charge is 2.27. The van der Waals surface area contributed by atoms with Crippen molar-refractivity contribution < 1.29 is 19.5 Å². The number of nitrogens with one attached hydrogen (secondary N) is 1. The molecule has 0 spiro atoms. The van der Waals surface area contributed by atoms with Crippen molar-refractivity contribution in [3.63, 3.8) is 0 Å². The number of nitrogens with zero attached hydrogens (tertiary/aromatic N) is 3. The summed E-state index contributed by atoms with van der Waals surface area (Å²) in [5.41, 5.74) is 0.486. The minimum Gasteiger partial charge on any atom is -0.478 e. The number of imidazole rings is 1. The van der Waals surface area contributed by atoms with Gasteiger partial charge in [-0.25, -0.2) is 14.6 Å². The smallest absolute Gasteiger partial charge is 0.337 e. The van der Waals surface area contributed by atoms with Gasteiger partial charge in [-0.1, -0.05) is 0 Å². The molecule has 102 valence electrons. The summed E-state index contributed by atoms with van der Waals surface area (Å²) >= 11 is 0. The lowest BCUT2D eigenvalue weighted by Crippen LogP contribution is -2.50. The van der Waals surface area contributed by atoms with Gasteiger partial charge < -0.3 is 5.11 Å². The van der Waals surface area contributed by atoms with Gasteiger partial charge in [0.1, 0.15) is 0 Å². The number of imide groups is 1. The molecule has 8 nitrogen and oxygen atoms in total. The van der Waals surface area contributed by atoms with Gasteiger partial charge in [0.05, 0.1) is 17.3 Å². The summed E-state index contributed by atoms with van der Waals surface area (Å²) in [6, 6.07) is 2.46. The molecule has 0 bridgehead atoms. The second-order valence-electron chi connectivity index (χ2n) is 4.30. The maximum Gasteiger partial charge on any atom is 0.337 e. The fraction of sp³-hybridized carbons (Fsp3) is 0.167. The highest BCUT2D eigenvalue weighted by atomic mass is 16.4. The summed E-state index contributed by atoms with van der Waals surface area (Å²) in [6.07, 6.45) is 3.19. The van der Waals surface area contributed by atoms with Crippen LogP contribution in [0.15, 0.2) is 24.5 Å². The van der Waals surface area contributed by atoms with Crippen LogP contribution in [0, 0.1) is 0 Å². The van der Waals surface area contributed by atoms with E-state index in [4.69, 9.17) is 5.11 Å². The Labute approximate surface area is 112 Å². The summed E-state index contributed by atoms with van der Waals surface area (Å²) in [5, 5.41) is 11.3. The first kappa shape index (κ1) is 12.2. The van der Waals surface area contributed by atoms with Gasteiger partial charge in [0.15, 0.2) is 0 Å². The van der Waals surface area contributed by atoms with E-state index in [9.17, 15) is 14.4 Å². The number of amides is 3. The van der Waals surface area contributed by atoms with Gasteiger partial charge in [-0.15, -0.1) is 0 Å². The summed E-state index contributed by atoms with van der Waals surface area (Å²) in [6.45, 7) is 0.209. The van der Waals surface area contributed by atoms with Gasteiger partial charge >= 0.3 is 12.0 Å². The highest BCUT2D eigenvalue weighted by molar-refractivity contribution is 6.05. The van der Waals surface area contributed by atoms with Crippen molar-refractivity contribution in [1.82, 2.24) is 14.7 Å². The van der Waals surface area contributed by atoms with E-state index in [1.165, 1.54) is 21.6 Å². The monoisotopic (exact) mass is 274 g/mol. The predicted molar refractivity (Wildman–Crippen MR) is 67.7 cm³/mol. The van der Waals surface area contributed by atoms with E-state index in [0.717, 1.165) is 0 Å². The van der Waals surface area contributed by atoms with Crippen LogP contribution in [0.5, 0.6) is 0 Å². The fourth-order valence-electron chi connectivity index (χ4n) is 2.14. The molecule has 0 atom stereocenters. The Bertz CT molecular complexity index is 736. The average molecular weight is 274 g/mol. The molecule has 2 aromatic rings. The molecule has 0 unspecified atom stereocenters. The molecule has 0 radical (unpaired) electrons. The number of fused-ring (bicyclic) bond motifs is 1. The molecule has 2 aromatic heterocycles. The molecule has 8 heteroatoms. The van der Waals surface area contributed by atoms with Crippen LogP contribution in [0.3, 0.4) is 0 Å². The van der Waals surface area contributed by atoms with Gasteiger partial charge in [0, 0.05) is 19.2 Å². The first-order valence-electron chi connectivity index (χ1n) is 5.88. The molecule has 3 rings (SSSR count). The average Bonchev–Trinajstić information content (AvgIpc) is 2.82. The summed E-state index contributed by atoms with van der Waals surface area (Å²) in [7, 11) is 0. The molecule has 0 saturated carbocycles. The topological polar surface area (TPSA) is 104 Å². The second-order valence-corrected chi connectivity index (χ2v) is 4.30. The minimum atomic E-state index is -1.07. The molecule has 3 amide bonds. The zero-order valence-electron chi connectivity index (χ0n) is 10.2. The Balaban J connectivity index is 2.09. The number of hydrogen-bond acceptors (Lipinski definition) is 4. The van der Waals surface area contributed by atoms with Crippen LogP contribution in [-0.2, 0) is 4.79 Å². The number of hydrogen-bond donors (Lipinski definition) is 2. The molecule has 20 heavy (non-hydrogen) atoms. The maximum absolute atomic E-state index is 11.8. The van der Waals surface area contributed by atoms with Crippen molar-refractivity contribution in [2.45, 2.75) is 6.42 Å². The first-order valence-corrected chi connectivity index (χ1v) is 5.88. The van der Waals surface area contributed by atoms with Crippen molar-refractivity contribution in [1.29, 1.82) is 0 Å². The van der Waals surface area contributed by atoms with Gasteiger partial charge in [0.25, 0.3) is 0 Å². The SMILES string of the molecule is O=C1CCN(c2ncc3c(C(=O)O)cccn23)C(=O)N1. The Kier molecular flexibility index (Phi) is 2.63. The molecular weight excluding hydrogens is 264 g/mol. The molecule has 0 aromatic carbocycles. The van der Waals surface area contributed by atoms with Crippen LogP contribution < -0.4 is 10.2 Å². The number of carboxylic acids is 1. The van der Waals surface area contributed by atoms with Gasteiger partial charge in [-0.3, -0.25) is 19.4 Å². The highest BCUT2D eigenvalue weighted by Crippen LogP contribution is 2.20. The molecule has 1 aliphatic heterocycles. The quantitative estimate of drug-likeness (QED) is 0.828. The van der Waals surface area contributed by atoms with Crippen molar-refractivity contribution in [2.75, 3.05) is 11.4 Å². The number of urea groups is 1. The van der Waals surface area contributed by atoms with Crippen LogP contribution in [0.2, 0.25) is 0 Å². The normalized spacial score (nSPS) is 15.5. The molecule has 1 aliphatic rings. The minimum absolute atomic E-state index is 0.0970. The van der Waals surface area contributed by atoms with Crippen LogP contribution in [0.25, 0.3) is 5.52 Å². The van der Waals surface area contributed by atoms with E-state index in [1.54, 1.807) is 12.3 Å². The zero-order valence-corrected chi connectivity index (χ0v) is 10.2. The Morgan fingerprint density at radius 1 is 1.40 bits per heavy atom. The number of aromatic carboxylic acids is 1. The van der Waals surface area contributed by atoms with Gasteiger partial charge in [0.2, 0.25) is 11.9 Å². The third-order valence-electron chi connectivity index (χ3n) is 3.08. The first-order chi connectivity index (χ1) is 9.58. The van der Waals surface area contributed by atoms with Crippen LogP contribution >= 0.6 is 0 Å². The Morgan fingerprint density at radius 2 is 2.20 bits per heavy atom. The standard InChI is InChI=1S/C12H10N4O4/c17-9-3-5-16(12(20)14-9)11-13-6-8-7(10(18)19)2-1-4-15(8)11/h1-2,4,6H,3,5H2,(H,18,19)(H,14,17,20). The van der Waals surface area contributed by atoms with Crippen LogP contribution in [0.4, 0.5) is 10.7 Å². The predicted octanol–water partition coefficient (Wildman–Crippen LogP) is 0.479. The Morgan fingerprint density at radius 3 is 2.90 bits per heavy atom. The number of pyridine rings is 1. The van der Waals surface area contributed by atoms with Gasteiger partial charge in [-0.05, 0) is 12.1 Å². The largest absolute Gasteiger partial charge is 0.478 e. The van der Waals surface area contributed by atoms with Crippen molar-refractivity contribution in [3.8, 4) is 0 Å². The number of rotatable bonds is 2. The lowest BCUT2D eigenvalue weighted by Gasteiger charge is -2.24. The van der Waals surface area contributed by atoms with E-state index < -0.39 is 12.0 Å². The summed E-state index contributed by atoms with van der Waals surface area (Å²) in [5.74, 6) is -1.12. The molecule has 1 saturated heterocycles. The lowest BCUT2D eigenvalue weighted by molar-refractivity contribution is -0.120. The molecule has 3 heterocycles. The van der Waals surface area contributed by atoms with Crippen molar-refractivity contribution >= 4 is 29.4 Å². The summed E-state index contributed by atoms with van der Waals surface area (Å²) in [4.78, 5) is 39.4. The van der Waals surface area contributed by atoms with E-state index in [0.29, 0.717) is 5.52 Å². The molecule has 0 aliphatic carbocycles. The number of aromatic nitrogens is 2. The van der Waals surface area contributed by atoms with E-state index >= 15 is 0 Å². The summed E-state index contributed by atoms with van der Waals surface area (Å²) < 4.78 is 1.51. The van der Waals surface area contributed by atoms with Crippen LogP contribution in [0.1, 0.15) is 16.8 Å². The third kappa shape index (κ3) is 1.78. The third-order valence-corrected chi connectivity index (χ3v) is 3.08. The van der Waals surface area contributed by atoms with E-state index in [2.05, 4.69) is 10.3 Å². The fourth-order valence-corrected chi connectivity index (χ4v) is 2.14. The number of carbonyl (C=O) groups excluding carboxylic acids is 2. The van der Waals surface area contributed by atoms with Crippen molar-refractivity contribution in [3.05, 3.63) is 30.1 Å². The number of carbonyl (C=O) groups is 3. The molecule has 1 fully saturated rings.